The Morgan fingerprint density at radius 2 is 2.27 bits per heavy atom. The van der Waals surface area contributed by atoms with E-state index < -0.39 is 5.60 Å². The first-order valence-electron chi connectivity index (χ1n) is 3.76. The topological polar surface area (TPSA) is 20.2 Å². The summed E-state index contributed by atoms with van der Waals surface area (Å²) in [5, 5.41) is 9.45. The second-order valence-electron chi connectivity index (χ2n) is 3.05. The maximum Gasteiger partial charge on any atom is 0.0800 e. The van der Waals surface area contributed by atoms with Crippen LogP contribution in [0.25, 0.3) is 0 Å². The molecule has 0 aliphatic rings. The van der Waals surface area contributed by atoms with E-state index in [-0.39, 0.29) is 0 Å². The zero-order chi connectivity index (χ0) is 8.91. The highest BCUT2D eigenvalue weighted by Crippen LogP contribution is 2.13. The fourth-order valence-corrected chi connectivity index (χ4v) is 0.694. The van der Waals surface area contributed by atoms with Crippen LogP contribution in [0.2, 0.25) is 0 Å². The number of allylic oxidation sites excluding steroid dienone is 2. The molecule has 1 nitrogen and oxygen atoms in total. The van der Waals surface area contributed by atoms with Crippen LogP contribution in [-0.2, 0) is 0 Å². The van der Waals surface area contributed by atoms with Crippen LogP contribution in [0.15, 0.2) is 24.3 Å². The monoisotopic (exact) mass is 152 g/mol. The summed E-state index contributed by atoms with van der Waals surface area (Å²) in [4.78, 5) is 0. The van der Waals surface area contributed by atoms with Crippen LogP contribution < -0.4 is 0 Å². The average molecular weight is 152 g/mol. The Labute approximate surface area is 69.4 Å². The molecule has 1 unspecified atom stereocenters. The second-order valence-corrected chi connectivity index (χ2v) is 3.05. The van der Waals surface area contributed by atoms with Crippen LogP contribution >= 0.6 is 0 Å². The van der Waals surface area contributed by atoms with Crippen molar-refractivity contribution in [2.75, 3.05) is 0 Å². The van der Waals surface area contributed by atoms with E-state index in [2.05, 4.69) is 6.58 Å². The van der Waals surface area contributed by atoms with Gasteiger partial charge in [-0.3, -0.25) is 0 Å². The lowest BCUT2D eigenvalue weighted by Gasteiger charge is -2.16. The third kappa shape index (κ3) is 5.86. The molecule has 0 bridgehead atoms. The Bertz CT molecular complexity index is 150. The molecule has 1 N–H and O–H groups in total. The number of hydrogen-bond donors (Lipinski definition) is 1. The van der Waals surface area contributed by atoms with Crippen LogP contribution in [0.3, 0.4) is 0 Å². The van der Waals surface area contributed by atoms with E-state index in [4.69, 9.17) is 6.92 Å². The summed E-state index contributed by atoms with van der Waals surface area (Å²) in [6, 6.07) is 0. The molecular weight excluding hydrogens is 136 g/mol. The standard InChI is InChI=1S/C10H16O/c1-5-10(4,11)8-6-7-9(2)3/h2,5,7,11H,1,6,8H2,3-4H3/b9-7-. The predicted octanol–water partition coefficient (Wildman–Crippen LogP) is 2.36. The van der Waals surface area contributed by atoms with Crippen LogP contribution in [0.5, 0.6) is 0 Å². The summed E-state index contributed by atoms with van der Waals surface area (Å²) in [6.45, 7) is 12.5. The van der Waals surface area contributed by atoms with E-state index >= 15 is 0 Å². The highest BCUT2D eigenvalue weighted by molar-refractivity contribution is 5.02. The lowest BCUT2D eigenvalue weighted by atomic mass is 10.00. The SMILES string of the molecule is [CH]/C(C)=C/CCC(C)(O)C=C. The Hall–Kier alpha value is -0.560. The van der Waals surface area contributed by atoms with Gasteiger partial charge < -0.3 is 5.11 Å². The molecule has 11 heavy (non-hydrogen) atoms. The van der Waals surface area contributed by atoms with Gasteiger partial charge in [0.25, 0.3) is 0 Å². The third-order valence-corrected chi connectivity index (χ3v) is 1.56. The molecule has 0 aromatic heterocycles. The molecule has 0 spiro atoms. The van der Waals surface area contributed by atoms with Gasteiger partial charge >= 0.3 is 0 Å². The van der Waals surface area contributed by atoms with Crippen LogP contribution in [0, 0.1) is 6.92 Å². The normalized spacial score (nSPS) is 17.6. The minimum Gasteiger partial charge on any atom is -0.386 e. The average Bonchev–Trinajstić information content (AvgIpc) is 1.87. The molecular formula is C10H16O. The predicted molar refractivity (Wildman–Crippen MR) is 48.1 cm³/mol. The quantitative estimate of drug-likeness (QED) is 0.613. The maximum absolute atomic E-state index is 9.45. The van der Waals surface area contributed by atoms with Crippen molar-refractivity contribution in [3.8, 4) is 0 Å². The van der Waals surface area contributed by atoms with Gasteiger partial charge in [0.05, 0.1) is 5.60 Å². The van der Waals surface area contributed by atoms with E-state index in [1.54, 1.807) is 13.0 Å². The lowest BCUT2D eigenvalue weighted by Crippen LogP contribution is -2.19. The van der Waals surface area contributed by atoms with Crippen molar-refractivity contribution in [1.82, 2.24) is 0 Å². The first-order chi connectivity index (χ1) is 4.98. The van der Waals surface area contributed by atoms with Crippen molar-refractivity contribution in [3.05, 3.63) is 31.2 Å². The van der Waals surface area contributed by atoms with Crippen molar-refractivity contribution in [3.63, 3.8) is 0 Å². The molecule has 62 valence electrons. The fourth-order valence-electron chi connectivity index (χ4n) is 0.694. The van der Waals surface area contributed by atoms with Gasteiger partial charge in [-0.25, -0.2) is 0 Å². The highest BCUT2D eigenvalue weighted by atomic mass is 16.3. The largest absolute Gasteiger partial charge is 0.386 e. The van der Waals surface area contributed by atoms with Crippen molar-refractivity contribution in [2.45, 2.75) is 32.3 Å². The molecule has 0 amide bonds. The van der Waals surface area contributed by atoms with Gasteiger partial charge in [-0.15, -0.1) is 6.58 Å². The molecule has 0 heterocycles. The van der Waals surface area contributed by atoms with E-state index in [9.17, 15) is 5.11 Å². The summed E-state index contributed by atoms with van der Waals surface area (Å²) in [5.74, 6) is 0. The van der Waals surface area contributed by atoms with Crippen LogP contribution in [0.4, 0.5) is 0 Å². The van der Waals surface area contributed by atoms with Gasteiger partial charge in [-0.2, -0.15) is 0 Å². The second kappa shape index (κ2) is 4.35. The molecule has 1 atom stereocenters. The summed E-state index contributed by atoms with van der Waals surface area (Å²) in [5.41, 5.74) is 0.0382. The highest BCUT2D eigenvalue weighted by Gasteiger charge is 2.12. The van der Waals surface area contributed by atoms with E-state index in [1.165, 1.54) is 0 Å². The Kier molecular flexibility index (Phi) is 4.12. The first-order valence-corrected chi connectivity index (χ1v) is 3.76. The lowest BCUT2D eigenvalue weighted by molar-refractivity contribution is 0.103. The molecule has 0 fully saturated rings. The Balaban J connectivity index is 3.71. The van der Waals surface area contributed by atoms with Crippen molar-refractivity contribution in [2.24, 2.45) is 0 Å². The summed E-state index contributed by atoms with van der Waals surface area (Å²) >= 11 is 0. The van der Waals surface area contributed by atoms with Crippen molar-refractivity contribution in [1.29, 1.82) is 0 Å². The van der Waals surface area contributed by atoms with Gasteiger partial charge in [-0.1, -0.05) is 17.7 Å². The minimum atomic E-state index is -0.758. The van der Waals surface area contributed by atoms with Gasteiger partial charge in [0.2, 0.25) is 0 Å². The third-order valence-electron chi connectivity index (χ3n) is 1.56. The molecule has 1 heteroatoms. The molecule has 0 aromatic rings. The summed E-state index contributed by atoms with van der Waals surface area (Å²) in [7, 11) is 0. The zero-order valence-electron chi connectivity index (χ0n) is 7.30. The molecule has 0 rings (SSSR count). The van der Waals surface area contributed by atoms with E-state index in [1.807, 2.05) is 13.0 Å². The molecule has 0 saturated carbocycles. The summed E-state index contributed by atoms with van der Waals surface area (Å²) in [6.07, 6.45) is 4.91. The smallest absolute Gasteiger partial charge is 0.0800 e. The Morgan fingerprint density at radius 3 is 2.64 bits per heavy atom. The molecule has 2 radical (unpaired) electrons. The van der Waals surface area contributed by atoms with Crippen LogP contribution in [0.1, 0.15) is 26.7 Å². The minimum absolute atomic E-state index is 0.672. The first kappa shape index (κ1) is 10.4. The zero-order valence-corrected chi connectivity index (χ0v) is 7.30. The summed E-state index contributed by atoms with van der Waals surface area (Å²) < 4.78 is 0. The van der Waals surface area contributed by atoms with Gasteiger partial charge in [0, 0.05) is 0 Å². The van der Waals surface area contributed by atoms with E-state index in [0.29, 0.717) is 6.42 Å². The van der Waals surface area contributed by atoms with Crippen LogP contribution in [-0.4, -0.2) is 10.7 Å². The fraction of sp³-hybridized carbons (Fsp3) is 0.500. The molecule has 0 aliphatic carbocycles. The molecule has 0 saturated heterocycles. The maximum atomic E-state index is 9.45. The van der Waals surface area contributed by atoms with E-state index in [0.717, 1.165) is 12.0 Å². The Morgan fingerprint density at radius 1 is 1.73 bits per heavy atom. The number of aliphatic hydroxyl groups is 1. The number of hydrogen-bond acceptors (Lipinski definition) is 1. The number of rotatable bonds is 4. The van der Waals surface area contributed by atoms with Crippen molar-refractivity contribution >= 4 is 0 Å². The van der Waals surface area contributed by atoms with Crippen molar-refractivity contribution < 1.29 is 5.11 Å². The van der Waals surface area contributed by atoms with Gasteiger partial charge in [0.1, 0.15) is 0 Å². The molecule has 0 aromatic carbocycles. The molecule has 0 aliphatic heterocycles. The van der Waals surface area contributed by atoms with Gasteiger partial charge in [0.15, 0.2) is 0 Å². The van der Waals surface area contributed by atoms with Gasteiger partial charge in [-0.05, 0) is 33.6 Å².